The van der Waals surface area contributed by atoms with Crippen LogP contribution >= 0.6 is 27.3 Å². The topological polar surface area (TPSA) is 46.3 Å². The fraction of sp³-hybridized carbons (Fsp3) is 0.583. The van der Waals surface area contributed by atoms with Gasteiger partial charge in [-0.05, 0) is 42.3 Å². The predicted octanol–water partition coefficient (Wildman–Crippen LogP) is 2.91. The van der Waals surface area contributed by atoms with Crippen molar-refractivity contribution in [3.05, 3.63) is 20.8 Å². The van der Waals surface area contributed by atoms with Crippen molar-refractivity contribution in [2.45, 2.75) is 44.8 Å². The summed E-state index contributed by atoms with van der Waals surface area (Å²) in [5.74, 6) is 0.219. The van der Waals surface area contributed by atoms with Gasteiger partial charge in [-0.2, -0.15) is 0 Å². The predicted molar refractivity (Wildman–Crippen MR) is 74.0 cm³/mol. The third-order valence-electron chi connectivity index (χ3n) is 3.12. The minimum atomic E-state index is 0.0348. The molecule has 0 spiro atoms. The van der Waals surface area contributed by atoms with E-state index in [9.17, 15) is 4.79 Å². The first-order valence-corrected chi connectivity index (χ1v) is 7.48. The van der Waals surface area contributed by atoms with Crippen molar-refractivity contribution in [2.24, 2.45) is 5.73 Å². The molecule has 0 bridgehead atoms. The van der Waals surface area contributed by atoms with Crippen molar-refractivity contribution < 1.29 is 4.79 Å². The minimum absolute atomic E-state index is 0.0348. The Morgan fingerprint density at radius 3 is 2.82 bits per heavy atom. The van der Waals surface area contributed by atoms with E-state index in [4.69, 9.17) is 5.73 Å². The molecule has 2 N–H and O–H groups in total. The van der Waals surface area contributed by atoms with Gasteiger partial charge in [0.25, 0.3) is 0 Å². The average Bonchev–Trinajstić information content (AvgIpc) is 2.67. The van der Waals surface area contributed by atoms with Gasteiger partial charge >= 0.3 is 0 Å². The molecule has 3 nitrogen and oxygen atoms in total. The van der Waals surface area contributed by atoms with Crippen molar-refractivity contribution in [2.75, 3.05) is 0 Å². The monoisotopic (exact) mass is 316 g/mol. The van der Waals surface area contributed by atoms with Gasteiger partial charge in [0.15, 0.2) is 0 Å². The van der Waals surface area contributed by atoms with E-state index in [0.29, 0.717) is 6.42 Å². The first kappa shape index (κ1) is 13.1. The molecule has 1 aliphatic heterocycles. The number of rotatable bonds is 2. The minimum Gasteiger partial charge on any atom is -0.331 e. The Balaban J connectivity index is 2.35. The molecule has 2 heterocycles. The Labute approximate surface area is 114 Å². The summed E-state index contributed by atoms with van der Waals surface area (Å²) in [6, 6.07) is 2.34. The van der Waals surface area contributed by atoms with Gasteiger partial charge in [-0.3, -0.25) is 4.79 Å². The van der Waals surface area contributed by atoms with E-state index in [-0.39, 0.29) is 24.0 Å². The zero-order valence-corrected chi connectivity index (χ0v) is 12.4. The Kier molecular flexibility index (Phi) is 3.90. The molecular weight excluding hydrogens is 300 g/mol. The molecule has 0 aromatic carbocycles. The first-order valence-electron chi connectivity index (χ1n) is 5.81. The van der Waals surface area contributed by atoms with Crippen molar-refractivity contribution in [3.63, 3.8) is 0 Å². The lowest BCUT2D eigenvalue weighted by atomic mass is 9.94. The lowest BCUT2D eigenvalue weighted by Crippen LogP contribution is -2.51. The molecule has 1 aromatic rings. The smallest absolute Gasteiger partial charge is 0.223 e. The molecule has 1 fully saturated rings. The average molecular weight is 317 g/mol. The summed E-state index contributed by atoms with van der Waals surface area (Å²) in [7, 11) is 0. The molecule has 0 radical (unpaired) electrons. The zero-order valence-electron chi connectivity index (χ0n) is 10.0. The van der Waals surface area contributed by atoms with E-state index >= 15 is 0 Å². The van der Waals surface area contributed by atoms with Crippen molar-refractivity contribution >= 4 is 33.2 Å². The van der Waals surface area contributed by atoms with E-state index < -0.39 is 0 Å². The third-order valence-corrected chi connectivity index (χ3v) is 4.88. The summed E-state index contributed by atoms with van der Waals surface area (Å²) in [4.78, 5) is 15.1. The second kappa shape index (κ2) is 5.08. The lowest BCUT2D eigenvalue weighted by Gasteiger charge is -2.41. The number of thiophene rings is 1. The maximum atomic E-state index is 12.0. The normalized spacial score (nSPS) is 25.7. The number of amides is 1. The first-order chi connectivity index (χ1) is 8.00. The highest BCUT2D eigenvalue weighted by atomic mass is 79.9. The maximum absolute atomic E-state index is 12.0. The number of carbonyl (C=O) groups excluding carboxylic acids is 1. The summed E-state index contributed by atoms with van der Waals surface area (Å²) in [6.07, 6.45) is 1.35. The highest BCUT2D eigenvalue weighted by Gasteiger charge is 2.36. The van der Waals surface area contributed by atoms with Gasteiger partial charge in [0.05, 0.1) is 6.04 Å². The van der Waals surface area contributed by atoms with Gasteiger partial charge < -0.3 is 10.6 Å². The van der Waals surface area contributed by atoms with E-state index in [2.05, 4.69) is 22.0 Å². The molecule has 1 aliphatic rings. The number of hydrogen-bond donors (Lipinski definition) is 1. The molecule has 5 heteroatoms. The van der Waals surface area contributed by atoms with Crippen molar-refractivity contribution in [3.8, 4) is 0 Å². The van der Waals surface area contributed by atoms with Gasteiger partial charge in [-0.25, -0.2) is 0 Å². The summed E-state index contributed by atoms with van der Waals surface area (Å²) in [5, 5.41) is 2.04. The largest absolute Gasteiger partial charge is 0.331 e. The Morgan fingerprint density at radius 1 is 1.59 bits per heavy atom. The second-order valence-electron chi connectivity index (χ2n) is 4.71. The summed E-state index contributed by atoms with van der Waals surface area (Å²) in [5.41, 5.74) is 6.21. The highest BCUT2D eigenvalue weighted by Crippen LogP contribution is 2.36. The number of carbonyl (C=O) groups is 1. The van der Waals surface area contributed by atoms with E-state index in [1.165, 1.54) is 4.88 Å². The van der Waals surface area contributed by atoms with E-state index in [0.717, 1.165) is 10.9 Å². The van der Waals surface area contributed by atoms with Crippen LogP contribution < -0.4 is 5.73 Å². The molecule has 94 valence electrons. The number of piperidine rings is 1. The zero-order chi connectivity index (χ0) is 12.6. The Hall–Kier alpha value is -0.390. The maximum Gasteiger partial charge on any atom is 0.223 e. The van der Waals surface area contributed by atoms with Crippen LogP contribution in [0.3, 0.4) is 0 Å². The van der Waals surface area contributed by atoms with Crippen LogP contribution in [-0.4, -0.2) is 22.9 Å². The van der Waals surface area contributed by atoms with Crippen molar-refractivity contribution in [1.82, 2.24) is 4.90 Å². The van der Waals surface area contributed by atoms with Crippen LogP contribution in [0.1, 0.15) is 37.6 Å². The summed E-state index contributed by atoms with van der Waals surface area (Å²) < 4.78 is 1.06. The molecule has 1 saturated heterocycles. The molecule has 2 rings (SSSR count). The van der Waals surface area contributed by atoms with E-state index in [1.807, 2.05) is 24.1 Å². The molecule has 2 unspecified atom stereocenters. The number of likely N-dealkylation sites (tertiary alicyclic amines) is 1. The van der Waals surface area contributed by atoms with Gasteiger partial charge in [0.1, 0.15) is 0 Å². The van der Waals surface area contributed by atoms with E-state index in [1.54, 1.807) is 11.3 Å². The quantitative estimate of drug-likeness (QED) is 0.911. The molecule has 0 saturated carbocycles. The summed E-state index contributed by atoms with van der Waals surface area (Å²) in [6.45, 7) is 4.09. The Bertz CT molecular complexity index is 418. The highest BCUT2D eigenvalue weighted by molar-refractivity contribution is 9.10. The van der Waals surface area contributed by atoms with Crippen LogP contribution in [0.5, 0.6) is 0 Å². The van der Waals surface area contributed by atoms with Crippen LogP contribution in [0.2, 0.25) is 0 Å². The number of halogens is 1. The lowest BCUT2D eigenvalue weighted by molar-refractivity contribution is -0.139. The number of nitrogens with zero attached hydrogens (tertiary/aromatic N) is 1. The molecule has 2 atom stereocenters. The van der Waals surface area contributed by atoms with Crippen molar-refractivity contribution in [1.29, 1.82) is 0 Å². The molecule has 1 amide bonds. The summed E-state index contributed by atoms with van der Waals surface area (Å²) >= 11 is 5.12. The molecule has 0 aliphatic carbocycles. The standard InChI is InChI=1S/C12H17BrN2OS/c1-7(2)15-11(16)4-3-9(14)12(15)10-5-8(13)6-17-10/h5-7,9,12H,3-4,14H2,1-2H3. The van der Waals surface area contributed by atoms with Crippen LogP contribution in [0.4, 0.5) is 0 Å². The Morgan fingerprint density at radius 2 is 2.29 bits per heavy atom. The van der Waals surface area contributed by atoms with Gasteiger partial charge in [0, 0.05) is 33.2 Å². The van der Waals surface area contributed by atoms with Gasteiger partial charge in [0.2, 0.25) is 5.91 Å². The SMILES string of the molecule is CC(C)N1C(=O)CCC(N)C1c1cc(Br)cs1. The van der Waals surface area contributed by atoms with Crippen LogP contribution in [0.25, 0.3) is 0 Å². The molecule has 17 heavy (non-hydrogen) atoms. The number of nitrogens with two attached hydrogens (primary N) is 1. The van der Waals surface area contributed by atoms with Gasteiger partial charge in [-0.1, -0.05) is 0 Å². The fourth-order valence-electron chi connectivity index (χ4n) is 2.38. The van der Waals surface area contributed by atoms with Crippen LogP contribution in [-0.2, 0) is 4.79 Å². The third kappa shape index (κ3) is 2.56. The second-order valence-corrected chi connectivity index (χ2v) is 6.57. The molecule has 1 aromatic heterocycles. The number of hydrogen-bond acceptors (Lipinski definition) is 3. The molecular formula is C12H17BrN2OS. The van der Waals surface area contributed by atoms with Crippen LogP contribution in [0.15, 0.2) is 15.9 Å². The van der Waals surface area contributed by atoms with Crippen LogP contribution in [0, 0.1) is 0 Å². The van der Waals surface area contributed by atoms with Gasteiger partial charge in [-0.15, -0.1) is 11.3 Å². The fourth-order valence-corrected chi connectivity index (χ4v) is 4.00.